The van der Waals surface area contributed by atoms with Crippen molar-refractivity contribution < 1.29 is 14.0 Å². The first-order chi connectivity index (χ1) is 11.6. The van der Waals surface area contributed by atoms with Gasteiger partial charge in [0.2, 0.25) is 11.8 Å². The molecule has 1 aromatic heterocycles. The SMILES string of the molecule is O=C(Nc1cccnc1)C1CSC(Cc2ccccc2F)C(=O)N1. The van der Waals surface area contributed by atoms with Crippen LogP contribution in [0.5, 0.6) is 0 Å². The summed E-state index contributed by atoms with van der Waals surface area (Å²) in [5, 5.41) is 5.03. The van der Waals surface area contributed by atoms with E-state index in [4.69, 9.17) is 0 Å². The normalized spacial score (nSPS) is 20.3. The standard InChI is InChI=1S/C17H16FN3O2S/c18-13-6-2-1-4-11(13)8-15-17(23)21-14(10-24-15)16(22)20-12-5-3-7-19-9-12/h1-7,9,14-15H,8,10H2,(H,20,22)(H,21,23). The third kappa shape index (κ3) is 3.91. The van der Waals surface area contributed by atoms with Gasteiger partial charge in [-0.3, -0.25) is 14.6 Å². The number of halogens is 1. The third-order valence-corrected chi connectivity index (χ3v) is 4.99. The van der Waals surface area contributed by atoms with Gasteiger partial charge in [0.15, 0.2) is 0 Å². The molecule has 5 nitrogen and oxygen atoms in total. The summed E-state index contributed by atoms with van der Waals surface area (Å²) in [6.45, 7) is 0. The van der Waals surface area contributed by atoms with Gasteiger partial charge in [-0.2, -0.15) is 0 Å². The number of carbonyl (C=O) groups excluding carboxylic acids is 2. The molecule has 2 unspecified atom stereocenters. The predicted molar refractivity (Wildman–Crippen MR) is 91.1 cm³/mol. The first-order valence-electron chi connectivity index (χ1n) is 7.50. The molecule has 124 valence electrons. The Labute approximate surface area is 143 Å². The number of thioether (sulfide) groups is 1. The highest BCUT2D eigenvalue weighted by Gasteiger charge is 2.32. The van der Waals surface area contributed by atoms with Gasteiger partial charge in [0, 0.05) is 11.9 Å². The van der Waals surface area contributed by atoms with Gasteiger partial charge in [0.1, 0.15) is 11.9 Å². The number of pyridine rings is 1. The summed E-state index contributed by atoms with van der Waals surface area (Å²) in [6, 6.07) is 9.24. The van der Waals surface area contributed by atoms with E-state index in [9.17, 15) is 14.0 Å². The molecule has 0 bridgehead atoms. The fourth-order valence-corrected chi connectivity index (χ4v) is 3.59. The van der Waals surface area contributed by atoms with Gasteiger partial charge in [-0.15, -0.1) is 11.8 Å². The lowest BCUT2D eigenvalue weighted by Crippen LogP contribution is -2.52. The Morgan fingerprint density at radius 1 is 1.33 bits per heavy atom. The molecule has 2 amide bonds. The molecule has 1 aliphatic heterocycles. The van der Waals surface area contributed by atoms with Crippen molar-refractivity contribution in [2.75, 3.05) is 11.1 Å². The number of nitrogens with zero attached hydrogens (tertiary/aromatic N) is 1. The molecule has 0 saturated carbocycles. The van der Waals surface area contributed by atoms with Gasteiger partial charge < -0.3 is 10.6 Å². The Balaban J connectivity index is 1.58. The molecule has 1 aliphatic rings. The maximum Gasteiger partial charge on any atom is 0.247 e. The maximum absolute atomic E-state index is 13.7. The van der Waals surface area contributed by atoms with Gasteiger partial charge in [0.05, 0.1) is 17.1 Å². The van der Waals surface area contributed by atoms with Crippen LogP contribution in [0.15, 0.2) is 48.8 Å². The molecular formula is C17H16FN3O2S. The first-order valence-corrected chi connectivity index (χ1v) is 8.54. The van der Waals surface area contributed by atoms with Crippen molar-refractivity contribution in [3.63, 3.8) is 0 Å². The lowest BCUT2D eigenvalue weighted by atomic mass is 10.1. The van der Waals surface area contributed by atoms with Crippen LogP contribution in [-0.4, -0.2) is 33.8 Å². The van der Waals surface area contributed by atoms with Crippen molar-refractivity contribution >= 4 is 29.3 Å². The highest BCUT2D eigenvalue weighted by Crippen LogP contribution is 2.23. The van der Waals surface area contributed by atoms with Gasteiger partial charge in [-0.05, 0) is 30.2 Å². The quantitative estimate of drug-likeness (QED) is 0.889. The number of rotatable bonds is 4. The number of aromatic nitrogens is 1. The maximum atomic E-state index is 13.7. The molecular weight excluding hydrogens is 329 g/mol. The van der Waals surface area contributed by atoms with Crippen LogP contribution in [0.1, 0.15) is 5.56 Å². The van der Waals surface area contributed by atoms with E-state index in [0.29, 0.717) is 23.4 Å². The van der Waals surface area contributed by atoms with E-state index < -0.39 is 11.3 Å². The minimum atomic E-state index is -0.612. The number of anilines is 1. The molecule has 24 heavy (non-hydrogen) atoms. The number of nitrogens with one attached hydrogen (secondary N) is 2. The Bertz CT molecular complexity index is 742. The van der Waals surface area contributed by atoms with E-state index in [1.807, 2.05) is 0 Å². The number of hydrogen-bond acceptors (Lipinski definition) is 4. The van der Waals surface area contributed by atoms with E-state index in [2.05, 4.69) is 15.6 Å². The molecule has 7 heteroatoms. The summed E-state index contributed by atoms with van der Waals surface area (Å²) in [5.74, 6) is -0.409. The van der Waals surface area contributed by atoms with Crippen LogP contribution in [-0.2, 0) is 16.0 Å². The van der Waals surface area contributed by atoms with Crippen LogP contribution in [0.4, 0.5) is 10.1 Å². The van der Waals surface area contributed by atoms with Gasteiger partial charge in [0.25, 0.3) is 0 Å². The third-order valence-electron chi connectivity index (χ3n) is 3.68. The highest BCUT2D eigenvalue weighted by atomic mass is 32.2. The molecule has 2 N–H and O–H groups in total. The van der Waals surface area contributed by atoms with Crippen LogP contribution >= 0.6 is 11.8 Å². The largest absolute Gasteiger partial charge is 0.343 e. The summed E-state index contributed by atoms with van der Waals surface area (Å²) < 4.78 is 13.7. The molecule has 0 aliphatic carbocycles. The number of carbonyl (C=O) groups is 2. The average Bonchev–Trinajstić information content (AvgIpc) is 2.59. The van der Waals surface area contributed by atoms with E-state index in [1.165, 1.54) is 24.0 Å². The second kappa shape index (κ2) is 7.44. The summed E-state index contributed by atoms with van der Waals surface area (Å²) in [6.07, 6.45) is 3.46. The minimum Gasteiger partial charge on any atom is -0.343 e. The molecule has 2 heterocycles. The van der Waals surface area contributed by atoms with E-state index in [1.54, 1.807) is 36.5 Å². The zero-order chi connectivity index (χ0) is 16.9. The van der Waals surface area contributed by atoms with Gasteiger partial charge in [-0.1, -0.05) is 18.2 Å². The molecule has 3 rings (SSSR count). The summed E-state index contributed by atoms with van der Waals surface area (Å²) >= 11 is 1.37. The fourth-order valence-electron chi connectivity index (χ4n) is 2.42. The summed E-state index contributed by atoms with van der Waals surface area (Å²) in [7, 11) is 0. The summed E-state index contributed by atoms with van der Waals surface area (Å²) in [5.41, 5.74) is 1.08. The zero-order valence-corrected chi connectivity index (χ0v) is 13.6. The number of hydrogen-bond donors (Lipinski definition) is 2. The zero-order valence-electron chi connectivity index (χ0n) is 12.7. The van der Waals surface area contributed by atoms with E-state index >= 15 is 0 Å². The highest BCUT2D eigenvalue weighted by molar-refractivity contribution is 8.00. The van der Waals surface area contributed by atoms with E-state index in [0.717, 1.165) is 0 Å². The molecule has 1 fully saturated rings. The molecule has 0 spiro atoms. The van der Waals surface area contributed by atoms with Crippen molar-refractivity contribution in [3.05, 3.63) is 60.2 Å². The second-order valence-corrected chi connectivity index (χ2v) is 6.65. The molecule has 0 radical (unpaired) electrons. The molecule has 1 saturated heterocycles. The number of benzene rings is 1. The van der Waals surface area contributed by atoms with Crippen molar-refractivity contribution in [1.82, 2.24) is 10.3 Å². The Hall–Kier alpha value is -2.41. The Kier molecular flexibility index (Phi) is 5.10. The Morgan fingerprint density at radius 3 is 2.88 bits per heavy atom. The van der Waals surface area contributed by atoms with Crippen LogP contribution < -0.4 is 10.6 Å². The topological polar surface area (TPSA) is 71.1 Å². The second-order valence-electron chi connectivity index (χ2n) is 5.41. The van der Waals surface area contributed by atoms with Crippen LogP contribution in [0, 0.1) is 5.82 Å². The average molecular weight is 345 g/mol. The van der Waals surface area contributed by atoms with Crippen LogP contribution in [0.3, 0.4) is 0 Å². The monoisotopic (exact) mass is 345 g/mol. The Morgan fingerprint density at radius 2 is 2.17 bits per heavy atom. The fraction of sp³-hybridized carbons (Fsp3) is 0.235. The molecule has 1 aromatic carbocycles. The van der Waals surface area contributed by atoms with Crippen molar-refractivity contribution in [2.45, 2.75) is 17.7 Å². The van der Waals surface area contributed by atoms with Crippen LogP contribution in [0.25, 0.3) is 0 Å². The van der Waals surface area contributed by atoms with Crippen molar-refractivity contribution in [1.29, 1.82) is 0 Å². The number of amides is 2. The smallest absolute Gasteiger partial charge is 0.247 e. The lowest BCUT2D eigenvalue weighted by molar-refractivity contribution is -0.126. The van der Waals surface area contributed by atoms with E-state index in [-0.39, 0.29) is 17.6 Å². The van der Waals surface area contributed by atoms with Crippen LogP contribution in [0.2, 0.25) is 0 Å². The predicted octanol–water partition coefficient (Wildman–Crippen LogP) is 2.00. The first kappa shape index (κ1) is 16.4. The summed E-state index contributed by atoms with van der Waals surface area (Å²) in [4.78, 5) is 28.4. The van der Waals surface area contributed by atoms with Gasteiger partial charge >= 0.3 is 0 Å². The minimum absolute atomic E-state index is 0.249. The van der Waals surface area contributed by atoms with Crippen molar-refractivity contribution in [2.24, 2.45) is 0 Å². The van der Waals surface area contributed by atoms with Gasteiger partial charge in [-0.25, -0.2) is 4.39 Å². The lowest BCUT2D eigenvalue weighted by Gasteiger charge is -2.28. The van der Waals surface area contributed by atoms with Crippen molar-refractivity contribution in [3.8, 4) is 0 Å². The molecule has 2 atom stereocenters. The molecule has 2 aromatic rings.